The summed E-state index contributed by atoms with van der Waals surface area (Å²) in [6.07, 6.45) is 0.703. The molecule has 0 unspecified atom stereocenters. The summed E-state index contributed by atoms with van der Waals surface area (Å²) >= 11 is 0. The van der Waals surface area contributed by atoms with Crippen molar-refractivity contribution in [3.8, 4) is 0 Å². The molecule has 0 bridgehead atoms. The molecule has 2 aromatic rings. The van der Waals surface area contributed by atoms with Gasteiger partial charge in [0, 0.05) is 6.54 Å². The van der Waals surface area contributed by atoms with Gasteiger partial charge in [0.1, 0.15) is 0 Å². The lowest BCUT2D eigenvalue weighted by molar-refractivity contribution is 0.555. The van der Waals surface area contributed by atoms with Crippen LogP contribution in [0.25, 0.3) is 11.1 Å². The van der Waals surface area contributed by atoms with Crippen LogP contribution in [0.5, 0.6) is 0 Å². The van der Waals surface area contributed by atoms with Crippen LogP contribution in [-0.4, -0.2) is 19.9 Å². The van der Waals surface area contributed by atoms with E-state index in [0.29, 0.717) is 29.8 Å². The van der Waals surface area contributed by atoms with Crippen LogP contribution in [0.1, 0.15) is 13.3 Å². The van der Waals surface area contributed by atoms with Crippen molar-refractivity contribution in [3.05, 3.63) is 28.7 Å². The summed E-state index contributed by atoms with van der Waals surface area (Å²) in [5, 5.41) is 0. The minimum absolute atomic E-state index is 0.350. The van der Waals surface area contributed by atoms with Crippen LogP contribution in [0.4, 0.5) is 5.69 Å². The topological polar surface area (TPSA) is 104 Å². The average molecular weight is 271 g/mol. The molecule has 7 nitrogen and oxygen atoms in total. The minimum Gasteiger partial charge on any atom is -0.408 e. The second-order valence-electron chi connectivity index (χ2n) is 3.73. The largest absolute Gasteiger partial charge is 0.417 e. The van der Waals surface area contributed by atoms with E-state index in [2.05, 4.69) is 14.4 Å². The molecule has 3 N–H and O–H groups in total. The number of fused-ring (bicyclic) bond motifs is 1. The highest BCUT2D eigenvalue weighted by Crippen LogP contribution is 2.16. The molecule has 18 heavy (non-hydrogen) atoms. The summed E-state index contributed by atoms with van der Waals surface area (Å²) in [6.45, 7) is 2.23. The molecule has 0 aliphatic rings. The number of hydrogen-bond donors (Lipinski definition) is 3. The molecule has 0 spiro atoms. The first-order valence-corrected chi connectivity index (χ1v) is 6.89. The van der Waals surface area contributed by atoms with Crippen LogP contribution in [-0.2, 0) is 10.2 Å². The van der Waals surface area contributed by atoms with E-state index in [4.69, 9.17) is 4.42 Å². The van der Waals surface area contributed by atoms with E-state index < -0.39 is 16.0 Å². The van der Waals surface area contributed by atoms with E-state index in [1.165, 1.54) is 18.2 Å². The predicted molar refractivity (Wildman–Crippen MR) is 67.7 cm³/mol. The quantitative estimate of drug-likeness (QED) is 0.747. The number of H-pyrrole nitrogens is 1. The number of nitrogens with one attached hydrogen (secondary N) is 3. The van der Waals surface area contributed by atoms with Crippen molar-refractivity contribution in [2.24, 2.45) is 0 Å². The molecule has 0 atom stereocenters. The lowest BCUT2D eigenvalue weighted by Gasteiger charge is -2.08. The van der Waals surface area contributed by atoms with Crippen molar-refractivity contribution >= 4 is 27.0 Å². The van der Waals surface area contributed by atoms with E-state index in [-0.39, 0.29) is 0 Å². The number of aromatic nitrogens is 1. The van der Waals surface area contributed by atoms with Gasteiger partial charge < -0.3 is 4.42 Å². The Morgan fingerprint density at radius 3 is 2.89 bits per heavy atom. The SMILES string of the molecule is CCCNS(=O)(=O)Nc1ccc2oc(=O)[nH]c2c1. The highest BCUT2D eigenvalue weighted by atomic mass is 32.2. The number of anilines is 1. The lowest BCUT2D eigenvalue weighted by Crippen LogP contribution is -2.30. The van der Waals surface area contributed by atoms with Crippen LogP contribution in [0.15, 0.2) is 27.4 Å². The number of oxazole rings is 1. The second-order valence-corrected chi connectivity index (χ2v) is 5.22. The van der Waals surface area contributed by atoms with E-state index >= 15 is 0 Å². The van der Waals surface area contributed by atoms with Gasteiger partial charge in [-0.15, -0.1) is 0 Å². The number of benzene rings is 1. The Kier molecular flexibility index (Phi) is 3.39. The van der Waals surface area contributed by atoms with Crippen LogP contribution in [0.3, 0.4) is 0 Å². The first-order chi connectivity index (χ1) is 8.50. The third-order valence-corrected chi connectivity index (χ3v) is 3.30. The van der Waals surface area contributed by atoms with Gasteiger partial charge in [-0.1, -0.05) is 6.92 Å². The third-order valence-electron chi connectivity index (χ3n) is 2.21. The highest BCUT2D eigenvalue weighted by Gasteiger charge is 2.09. The van der Waals surface area contributed by atoms with Crippen LogP contribution in [0, 0.1) is 0 Å². The van der Waals surface area contributed by atoms with Gasteiger partial charge in [0.15, 0.2) is 5.58 Å². The van der Waals surface area contributed by atoms with E-state index in [0.717, 1.165) is 0 Å². The van der Waals surface area contributed by atoms with E-state index in [1.54, 1.807) is 0 Å². The molecule has 0 aliphatic heterocycles. The van der Waals surface area contributed by atoms with Crippen molar-refractivity contribution in [1.29, 1.82) is 0 Å². The maximum atomic E-state index is 11.6. The van der Waals surface area contributed by atoms with Gasteiger partial charge >= 0.3 is 5.76 Å². The number of hydrogen-bond acceptors (Lipinski definition) is 4. The standard InChI is InChI=1S/C10H13N3O4S/c1-2-5-11-18(15,16)13-7-3-4-9-8(6-7)12-10(14)17-9/h3-4,6,11,13H,2,5H2,1H3,(H,12,14). The smallest absolute Gasteiger partial charge is 0.408 e. The summed E-state index contributed by atoms with van der Waals surface area (Å²) in [4.78, 5) is 13.4. The third kappa shape index (κ3) is 2.90. The summed E-state index contributed by atoms with van der Waals surface area (Å²) < 4.78 is 32.7. The second kappa shape index (κ2) is 4.83. The van der Waals surface area contributed by atoms with Gasteiger partial charge in [-0.05, 0) is 24.6 Å². The summed E-state index contributed by atoms with van der Waals surface area (Å²) in [7, 11) is -3.58. The van der Waals surface area contributed by atoms with Gasteiger partial charge in [-0.3, -0.25) is 9.71 Å². The Morgan fingerprint density at radius 1 is 1.39 bits per heavy atom. The fourth-order valence-electron chi connectivity index (χ4n) is 1.44. The van der Waals surface area contributed by atoms with Gasteiger partial charge in [0.25, 0.3) is 10.2 Å². The lowest BCUT2D eigenvalue weighted by atomic mass is 10.3. The van der Waals surface area contributed by atoms with Gasteiger partial charge in [0.2, 0.25) is 0 Å². The molecule has 1 heterocycles. The Morgan fingerprint density at radius 2 is 2.17 bits per heavy atom. The molecule has 8 heteroatoms. The zero-order chi connectivity index (χ0) is 13.2. The van der Waals surface area contributed by atoms with Gasteiger partial charge in [0.05, 0.1) is 11.2 Å². The van der Waals surface area contributed by atoms with Crippen molar-refractivity contribution in [2.45, 2.75) is 13.3 Å². The fraction of sp³-hybridized carbons (Fsp3) is 0.300. The molecular formula is C10H13N3O4S. The molecule has 0 fully saturated rings. The molecule has 0 saturated carbocycles. The van der Waals surface area contributed by atoms with Crippen molar-refractivity contribution in [3.63, 3.8) is 0 Å². The molecule has 98 valence electrons. The fourth-order valence-corrected chi connectivity index (χ4v) is 2.43. The molecule has 1 aromatic heterocycles. The monoisotopic (exact) mass is 271 g/mol. The Balaban J connectivity index is 2.24. The van der Waals surface area contributed by atoms with Crippen LogP contribution >= 0.6 is 0 Å². The molecule has 2 rings (SSSR count). The first-order valence-electron chi connectivity index (χ1n) is 5.40. The van der Waals surface area contributed by atoms with Gasteiger partial charge in [-0.25, -0.2) is 4.79 Å². The zero-order valence-corrected chi connectivity index (χ0v) is 10.5. The Labute approximate surface area is 103 Å². The summed E-state index contributed by atoms with van der Waals surface area (Å²) in [5.41, 5.74) is 1.17. The average Bonchev–Trinajstić information content (AvgIpc) is 2.65. The predicted octanol–water partition coefficient (Wildman–Crippen LogP) is 0.777. The van der Waals surface area contributed by atoms with Crippen molar-refractivity contribution in [1.82, 2.24) is 9.71 Å². The maximum absolute atomic E-state index is 11.6. The summed E-state index contributed by atoms with van der Waals surface area (Å²) in [6, 6.07) is 4.53. The van der Waals surface area contributed by atoms with Crippen molar-refractivity contribution in [2.75, 3.05) is 11.3 Å². The molecule has 0 aliphatic carbocycles. The minimum atomic E-state index is -3.58. The first kappa shape index (κ1) is 12.7. The van der Waals surface area contributed by atoms with Crippen LogP contribution < -0.4 is 15.2 Å². The highest BCUT2D eigenvalue weighted by molar-refractivity contribution is 7.90. The zero-order valence-electron chi connectivity index (χ0n) is 9.69. The maximum Gasteiger partial charge on any atom is 0.417 e. The van der Waals surface area contributed by atoms with Crippen LogP contribution in [0.2, 0.25) is 0 Å². The molecule has 0 saturated heterocycles. The summed E-state index contributed by atoms with van der Waals surface area (Å²) in [5.74, 6) is -0.575. The number of rotatable bonds is 5. The molecule has 1 aromatic carbocycles. The van der Waals surface area contributed by atoms with Gasteiger partial charge in [-0.2, -0.15) is 13.1 Å². The molecule has 0 radical (unpaired) electrons. The van der Waals surface area contributed by atoms with Crippen molar-refractivity contribution < 1.29 is 12.8 Å². The normalized spacial score (nSPS) is 11.8. The number of aromatic amines is 1. The van der Waals surface area contributed by atoms with E-state index in [1.807, 2.05) is 6.92 Å². The van der Waals surface area contributed by atoms with E-state index in [9.17, 15) is 13.2 Å². The molecule has 0 amide bonds. The Bertz CT molecular complexity index is 701. The molecular weight excluding hydrogens is 258 g/mol. The Hall–Kier alpha value is -1.80.